The van der Waals surface area contributed by atoms with Crippen molar-refractivity contribution in [2.75, 3.05) is 26.4 Å². The zero-order chi connectivity index (χ0) is 17.6. The second-order valence-corrected chi connectivity index (χ2v) is 5.99. The average Bonchev–Trinajstić information content (AvgIpc) is 2.98. The lowest BCUT2D eigenvalue weighted by Crippen LogP contribution is -2.33. The fraction of sp³-hybridized carbons (Fsp3) is 0.615. The van der Waals surface area contributed by atoms with Crippen LogP contribution in [0.4, 0.5) is 5.95 Å². The van der Waals surface area contributed by atoms with Gasteiger partial charge in [0.2, 0.25) is 5.95 Å². The first-order valence-electron chi connectivity index (χ1n) is 7.37. The highest BCUT2D eigenvalue weighted by molar-refractivity contribution is 5.71. The molecule has 1 aliphatic heterocycles. The summed E-state index contributed by atoms with van der Waals surface area (Å²) >= 11 is 0. The van der Waals surface area contributed by atoms with Crippen LogP contribution < -0.4 is 11.3 Å². The number of anilines is 1. The summed E-state index contributed by atoms with van der Waals surface area (Å²) in [5.74, 6) is 0.310. The summed E-state index contributed by atoms with van der Waals surface area (Å²) in [4.78, 5) is 24.6. The number of ether oxygens (including phenoxy) is 1. The minimum absolute atomic E-state index is 0.0544. The summed E-state index contributed by atoms with van der Waals surface area (Å²) in [5.41, 5.74) is 5.29. The van der Waals surface area contributed by atoms with Crippen LogP contribution in [0.1, 0.15) is 12.1 Å². The van der Waals surface area contributed by atoms with E-state index in [0.29, 0.717) is 12.4 Å². The zero-order valence-corrected chi connectivity index (χ0v) is 13.2. The lowest BCUT2D eigenvalue weighted by molar-refractivity contribution is -0.0527. The van der Waals surface area contributed by atoms with Gasteiger partial charge >= 0.3 is 0 Å². The molecule has 11 nitrogen and oxygen atoms in total. The van der Waals surface area contributed by atoms with Crippen molar-refractivity contribution in [3.8, 4) is 0 Å². The van der Waals surface area contributed by atoms with Crippen molar-refractivity contribution in [2.24, 2.45) is 0 Å². The highest BCUT2D eigenvalue weighted by Crippen LogP contribution is 2.32. The minimum Gasteiger partial charge on any atom is -0.394 e. The Hall–Kier alpha value is -2.05. The molecule has 132 valence electrons. The highest BCUT2D eigenvalue weighted by Gasteiger charge is 2.45. The van der Waals surface area contributed by atoms with E-state index in [-0.39, 0.29) is 17.1 Å². The summed E-state index contributed by atoms with van der Waals surface area (Å²) in [6.07, 6.45) is -4.59. The summed E-state index contributed by atoms with van der Waals surface area (Å²) in [6.45, 7) is -0.122. The van der Waals surface area contributed by atoms with Crippen LogP contribution in [0.15, 0.2) is 4.79 Å². The van der Waals surface area contributed by atoms with Crippen LogP contribution in [0.25, 0.3) is 11.2 Å². The van der Waals surface area contributed by atoms with E-state index in [1.807, 2.05) is 19.0 Å². The molecular weight excluding hydrogens is 320 g/mol. The Labute approximate surface area is 136 Å². The molecule has 0 bridgehead atoms. The van der Waals surface area contributed by atoms with Crippen LogP contribution in [0, 0.1) is 0 Å². The number of aromatic amines is 1. The van der Waals surface area contributed by atoms with Crippen molar-refractivity contribution in [3.05, 3.63) is 16.2 Å². The van der Waals surface area contributed by atoms with Crippen LogP contribution in [-0.4, -0.2) is 78.8 Å². The van der Waals surface area contributed by atoms with Gasteiger partial charge in [-0.05, 0) is 14.1 Å². The van der Waals surface area contributed by atoms with Crippen molar-refractivity contribution >= 4 is 17.1 Å². The number of nitrogens with zero attached hydrogens (tertiary/aromatic N) is 4. The topological polar surface area (TPSA) is 163 Å². The third-order valence-corrected chi connectivity index (χ3v) is 3.87. The maximum absolute atomic E-state index is 12.1. The van der Waals surface area contributed by atoms with Gasteiger partial charge in [-0.2, -0.15) is 4.98 Å². The van der Waals surface area contributed by atoms with Crippen molar-refractivity contribution in [3.63, 3.8) is 0 Å². The van der Waals surface area contributed by atoms with Crippen molar-refractivity contribution < 1.29 is 20.1 Å². The number of hydrogen-bond acceptors (Lipinski definition) is 9. The number of nitrogens with two attached hydrogens (primary N) is 1. The first-order valence-corrected chi connectivity index (χ1v) is 7.37. The first-order chi connectivity index (χ1) is 11.3. The van der Waals surface area contributed by atoms with E-state index in [4.69, 9.17) is 10.5 Å². The van der Waals surface area contributed by atoms with E-state index >= 15 is 0 Å². The maximum atomic E-state index is 12.1. The summed E-state index contributed by atoms with van der Waals surface area (Å²) in [5, 5.41) is 29.5. The molecule has 3 heterocycles. The lowest BCUT2D eigenvalue weighted by atomic mass is 10.1. The molecule has 1 aliphatic rings. The second kappa shape index (κ2) is 6.11. The van der Waals surface area contributed by atoms with Gasteiger partial charge in [-0.25, -0.2) is 4.98 Å². The molecule has 24 heavy (non-hydrogen) atoms. The number of imidazole rings is 1. The van der Waals surface area contributed by atoms with Crippen LogP contribution in [0.5, 0.6) is 0 Å². The Kier molecular flexibility index (Phi) is 4.27. The van der Waals surface area contributed by atoms with E-state index in [2.05, 4.69) is 15.0 Å². The Morgan fingerprint density at radius 3 is 2.62 bits per heavy atom. The predicted molar refractivity (Wildman–Crippen MR) is 83.0 cm³/mol. The largest absolute Gasteiger partial charge is 0.394 e. The molecule has 0 amide bonds. The normalized spacial score (nSPS) is 27.4. The van der Waals surface area contributed by atoms with Gasteiger partial charge in [0.1, 0.15) is 24.1 Å². The van der Waals surface area contributed by atoms with E-state index < -0.39 is 36.7 Å². The molecule has 0 aromatic carbocycles. The van der Waals surface area contributed by atoms with Crippen molar-refractivity contribution in [2.45, 2.75) is 31.1 Å². The number of aliphatic hydroxyl groups is 3. The lowest BCUT2D eigenvalue weighted by Gasteiger charge is -2.20. The quantitative estimate of drug-likeness (QED) is 0.401. The number of fused-ring (bicyclic) bond motifs is 1. The smallest absolute Gasteiger partial charge is 0.280 e. The Morgan fingerprint density at radius 2 is 2.04 bits per heavy atom. The Morgan fingerprint density at radius 1 is 1.33 bits per heavy atom. The number of nitrogens with one attached hydrogen (secondary N) is 1. The number of H-pyrrole nitrogens is 1. The van der Waals surface area contributed by atoms with Gasteiger partial charge in [-0.3, -0.25) is 14.3 Å². The van der Waals surface area contributed by atoms with E-state index in [1.165, 1.54) is 4.57 Å². The minimum atomic E-state index is -1.32. The van der Waals surface area contributed by atoms with E-state index in [9.17, 15) is 20.1 Å². The van der Waals surface area contributed by atoms with Gasteiger partial charge in [-0.15, -0.1) is 0 Å². The zero-order valence-electron chi connectivity index (χ0n) is 13.2. The molecule has 6 N–H and O–H groups in total. The summed E-state index contributed by atoms with van der Waals surface area (Å²) in [7, 11) is 3.63. The van der Waals surface area contributed by atoms with E-state index in [0.717, 1.165) is 0 Å². The molecule has 11 heteroatoms. The molecule has 1 fully saturated rings. The van der Waals surface area contributed by atoms with Gasteiger partial charge in [0, 0.05) is 0 Å². The average molecular weight is 340 g/mol. The van der Waals surface area contributed by atoms with Crippen molar-refractivity contribution in [1.82, 2.24) is 24.4 Å². The molecular formula is C13H20N6O5. The Bertz CT molecular complexity index is 802. The van der Waals surface area contributed by atoms with Gasteiger partial charge < -0.3 is 30.7 Å². The van der Waals surface area contributed by atoms with Gasteiger partial charge in [0.05, 0.1) is 13.2 Å². The molecule has 0 unspecified atom stereocenters. The third kappa shape index (κ3) is 2.65. The SMILES string of the molecule is CN(C)Cc1nc2c(=O)[nH]c(N)nc2n1[C@@H]1O[C@H](CO)[C@@H](O)[C@H]1O. The first kappa shape index (κ1) is 16.8. The van der Waals surface area contributed by atoms with Gasteiger partial charge in [-0.1, -0.05) is 0 Å². The molecule has 2 aromatic heterocycles. The molecule has 3 rings (SSSR count). The van der Waals surface area contributed by atoms with Crippen LogP contribution >= 0.6 is 0 Å². The molecule has 0 spiro atoms. The van der Waals surface area contributed by atoms with Gasteiger partial charge in [0.25, 0.3) is 5.56 Å². The van der Waals surface area contributed by atoms with E-state index in [1.54, 1.807) is 0 Å². The second-order valence-electron chi connectivity index (χ2n) is 5.99. The number of hydrogen-bond donors (Lipinski definition) is 5. The number of aromatic nitrogens is 4. The highest BCUT2D eigenvalue weighted by atomic mass is 16.6. The fourth-order valence-corrected chi connectivity index (χ4v) is 2.80. The molecule has 0 aliphatic carbocycles. The van der Waals surface area contributed by atoms with Gasteiger partial charge in [0.15, 0.2) is 17.4 Å². The van der Waals surface area contributed by atoms with Crippen LogP contribution in [0.3, 0.4) is 0 Å². The van der Waals surface area contributed by atoms with Crippen LogP contribution in [-0.2, 0) is 11.3 Å². The number of nitrogen functional groups attached to an aromatic ring is 1. The standard InChI is InChI=1S/C13H20N6O5/c1-18(2)3-6-15-7-10(16-13(14)17-11(7)23)19(6)12-9(22)8(21)5(4-20)24-12/h5,8-9,12,20-22H,3-4H2,1-2H3,(H3,14,16,17,23)/t5-,8-,9-,12-/m1/s1. The summed E-state index contributed by atoms with van der Waals surface area (Å²) in [6, 6.07) is 0. The third-order valence-electron chi connectivity index (χ3n) is 3.87. The predicted octanol–water partition coefficient (Wildman–Crippen LogP) is -2.63. The van der Waals surface area contributed by atoms with Crippen LogP contribution in [0.2, 0.25) is 0 Å². The summed E-state index contributed by atoms with van der Waals surface area (Å²) < 4.78 is 6.99. The molecule has 1 saturated heterocycles. The molecule has 0 saturated carbocycles. The Balaban J connectivity index is 2.19. The number of aliphatic hydroxyl groups excluding tert-OH is 3. The molecule has 4 atom stereocenters. The number of rotatable bonds is 4. The molecule has 2 aromatic rings. The van der Waals surface area contributed by atoms with Crippen molar-refractivity contribution in [1.29, 1.82) is 0 Å². The maximum Gasteiger partial charge on any atom is 0.280 e. The monoisotopic (exact) mass is 340 g/mol. The molecule has 0 radical (unpaired) electrons. The fourth-order valence-electron chi connectivity index (χ4n) is 2.80.